The van der Waals surface area contributed by atoms with Gasteiger partial charge in [0.25, 0.3) is 5.56 Å². The van der Waals surface area contributed by atoms with Crippen LogP contribution in [0.4, 0.5) is 0 Å². The van der Waals surface area contributed by atoms with Crippen molar-refractivity contribution in [1.29, 1.82) is 0 Å². The Balaban J connectivity index is 1.91. The minimum absolute atomic E-state index is 0.266. The molecule has 2 aromatic heterocycles. The van der Waals surface area contributed by atoms with Crippen LogP contribution in [0.5, 0.6) is 5.75 Å². The predicted molar refractivity (Wildman–Crippen MR) is 98.3 cm³/mol. The topological polar surface area (TPSA) is 70.2 Å². The van der Waals surface area contributed by atoms with E-state index in [1.54, 1.807) is 14.0 Å². The Labute approximate surface area is 149 Å². The molecule has 0 unspecified atom stereocenters. The minimum atomic E-state index is -0.266. The third-order valence-electron chi connectivity index (χ3n) is 4.30. The van der Waals surface area contributed by atoms with Gasteiger partial charge in [-0.15, -0.1) is 0 Å². The minimum Gasteiger partial charge on any atom is -0.497 e. The molecule has 0 spiro atoms. The van der Waals surface area contributed by atoms with Crippen LogP contribution in [0.15, 0.2) is 63.9 Å². The average molecular weight is 347 g/mol. The fourth-order valence-electron chi connectivity index (χ4n) is 2.95. The molecule has 2 heterocycles. The summed E-state index contributed by atoms with van der Waals surface area (Å²) in [5, 5.41) is 9.23. The Morgan fingerprint density at radius 2 is 1.81 bits per heavy atom. The first-order chi connectivity index (χ1) is 12.7. The molecule has 0 radical (unpaired) electrons. The largest absolute Gasteiger partial charge is 0.497 e. The Hall–Kier alpha value is -3.41. The second-order valence-corrected chi connectivity index (χ2v) is 5.99. The zero-order valence-electron chi connectivity index (χ0n) is 14.5. The van der Waals surface area contributed by atoms with Crippen molar-refractivity contribution in [1.82, 2.24) is 14.9 Å². The van der Waals surface area contributed by atoms with Gasteiger partial charge in [0.15, 0.2) is 5.52 Å². The van der Waals surface area contributed by atoms with E-state index in [1.807, 2.05) is 54.6 Å². The van der Waals surface area contributed by atoms with Crippen molar-refractivity contribution in [3.05, 3.63) is 76.3 Å². The quantitative estimate of drug-likeness (QED) is 0.566. The van der Waals surface area contributed by atoms with E-state index in [0.717, 1.165) is 16.9 Å². The van der Waals surface area contributed by atoms with Gasteiger partial charge in [-0.1, -0.05) is 35.5 Å². The molecule has 6 heteroatoms. The molecule has 0 aliphatic heterocycles. The molecule has 0 N–H and O–H groups in total. The van der Waals surface area contributed by atoms with E-state index in [4.69, 9.17) is 9.26 Å². The van der Waals surface area contributed by atoms with E-state index in [9.17, 15) is 4.79 Å². The van der Waals surface area contributed by atoms with Crippen LogP contribution in [0.1, 0.15) is 11.3 Å². The van der Waals surface area contributed by atoms with Gasteiger partial charge in [0, 0.05) is 5.56 Å². The molecule has 0 aliphatic rings. The van der Waals surface area contributed by atoms with Gasteiger partial charge < -0.3 is 9.26 Å². The maximum Gasteiger partial charge on any atom is 0.297 e. The van der Waals surface area contributed by atoms with Crippen LogP contribution in [0.2, 0.25) is 0 Å². The van der Waals surface area contributed by atoms with Gasteiger partial charge in [0.1, 0.15) is 17.2 Å². The van der Waals surface area contributed by atoms with Gasteiger partial charge in [-0.2, -0.15) is 5.10 Å². The summed E-state index contributed by atoms with van der Waals surface area (Å²) in [5.74, 6) is 1.33. The first-order valence-electron chi connectivity index (χ1n) is 8.23. The molecule has 0 atom stereocenters. The van der Waals surface area contributed by atoms with E-state index in [1.165, 1.54) is 4.68 Å². The number of nitrogens with zero attached hydrogens (tertiary/aromatic N) is 3. The molecular formula is C20H17N3O3. The number of hydrogen-bond acceptors (Lipinski definition) is 5. The lowest BCUT2D eigenvalue weighted by Gasteiger charge is -2.09. The van der Waals surface area contributed by atoms with E-state index in [0.29, 0.717) is 28.9 Å². The molecule has 0 fully saturated rings. The fourth-order valence-corrected chi connectivity index (χ4v) is 2.95. The summed E-state index contributed by atoms with van der Waals surface area (Å²) in [6.07, 6.45) is 0. The molecule has 6 nitrogen and oxygen atoms in total. The van der Waals surface area contributed by atoms with E-state index >= 15 is 0 Å². The second-order valence-electron chi connectivity index (χ2n) is 5.99. The van der Waals surface area contributed by atoms with E-state index in [-0.39, 0.29) is 5.56 Å². The Kier molecular flexibility index (Phi) is 4.01. The smallest absolute Gasteiger partial charge is 0.297 e. The maximum absolute atomic E-state index is 12.8. The van der Waals surface area contributed by atoms with Crippen molar-refractivity contribution < 1.29 is 9.26 Å². The summed E-state index contributed by atoms with van der Waals surface area (Å²) < 4.78 is 11.9. The summed E-state index contributed by atoms with van der Waals surface area (Å²) in [5.41, 5.74) is 2.54. The maximum atomic E-state index is 12.8. The van der Waals surface area contributed by atoms with Crippen LogP contribution < -0.4 is 10.3 Å². The molecule has 0 amide bonds. The SMILES string of the molecule is COc1ccc(-c2nn(Cc3ccccc3)c(=O)c3noc(C)c23)cc1. The lowest BCUT2D eigenvalue weighted by Crippen LogP contribution is -2.24. The van der Waals surface area contributed by atoms with Gasteiger partial charge in [0.05, 0.1) is 19.0 Å². The third kappa shape index (κ3) is 2.75. The standard InChI is InChI=1S/C20H17N3O3/c1-13-17-18(15-8-10-16(25-2)11-9-15)21-23(20(24)19(17)22-26-13)12-14-6-4-3-5-7-14/h3-11H,12H2,1-2H3. The Morgan fingerprint density at radius 1 is 1.08 bits per heavy atom. The van der Waals surface area contributed by atoms with Gasteiger partial charge >= 0.3 is 0 Å². The van der Waals surface area contributed by atoms with Crippen molar-refractivity contribution in [3.8, 4) is 17.0 Å². The Bertz CT molecular complexity index is 1110. The van der Waals surface area contributed by atoms with Crippen LogP contribution in [0.25, 0.3) is 22.2 Å². The molecule has 4 aromatic rings. The molecule has 0 saturated carbocycles. The van der Waals surface area contributed by atoms with Gasteiger partial charge in [-0.3, -0.25) is 4.79 Å². The number of aromatic nitrogens is 3. The number of fused-ring (bicyclic) bond motifs is 1. The number of methoxy groups -OCH3 is 1. The van der Waals surface area contributed by atoms with Crippen molar-refractivity contribution in [2.75, 3.05) is 7.11 Å². The monoisotopic (exact) mass is 347 g/mol. The van der Waals surface area contributed by atoms with Crippen LogP contribution >= 0.6 is 0 Å². The highest BCUT2D eigenvalue weighted by Gasteiger charge is 2.19. The predicted octanol–water partition coefficient (Wildman–Crippen LogP) is 3.42. The molecule has 130 valence electrons. The Morgan fingerprint density at radius 3 is 2.50 bits per heavy atom. The number of benzene rings is 2. The molecule has 4 rings (SSSR count). The van der Waals surface area contributed by atoms with Gasteiger partial charge in [0.2, 0.25) is 0 Å². The highest BCUT2D eigenvalue weighted by Crippen LogP contribution is 2.28. The highest BCUT2D eigenvalue weighted by atomic mass is 16.5. The molecular weight excluding hydrogens is 330 g/mol. The molecule has 0 aliphatic carbocycles. The molecule has 0 saturated heterocycles. The highest BCUT2D eigenvalue weighted by molar-refractivity contribution is 5.93. The van der Waals surface area contributed by atoms with Crippen molar-refractivity contribution in [3.63, 3.8) is 0 Å². The van der Waals surface area contributed by atoms with Crippen LogP contribution in [-0.2, 0) is 6.54 Å². The number of hydrogen-bond donors (Lipinski definition) is 0. The summed E-state index contributed by atoms with van der Waals surface area (Å²) in [4.78, 5) is 12.8. The summed E-state index contributed by atoms with van der Waals surface area (Å²) >= 11 is 0. The number of rotatable bonds is 4. The average Bonchev–Trinajstić information content (AvgIpc) is 3.07. The fraction of sp³-hybridized carbons (Fsp3) is 0.150. The summed E-state index contributed by atoms with van der Waals surface area (Å²) in [6.45, 7) is 2.15. The molecule has 26 heavy (non-hydrogen) atoms. The van der Waals surface area contributed by atoms with Crippen molar-refractivity contribution in [2.45, 2.75) is 13.5 Å². The lowest BCUT2D eigenvalue weighted by atomic mass is 10.1. The summed E-state index contributed by atoms with van der Waals surface area (Å²) in [7, 11) is 1.62. The molecule has 2 aromatic carbocycles. The first-order valence-corrected chi connectivity index (χ1v) is 8.23. The van der Waals surface area contributed by atoms with Crippen LogP contribution in [0.3, 0.4) is 0 Å². The zero-order chi connectivity index (χ0) is 18.1. The van der Waals surface area contributed by atoms with E-state index in [2.05, 4.69) is 10.3 Å². The summed E-state index contributed by atoms with van der Waals surface area (Å²) in [6, 6.07) is 17.3. The third-order valence-corrected chi connectivity index (χ3v) is 4.30. The number of ether oxygens (including phenoxy) is 1. The first kappa shape index (κ1) is 16.1. The normalized spacial score (nSPS) is 11.0. The van der Waals surface area contributed by atoms with Crippen LogP contribution in [0, 0.1) is 6.92 Å². The van der Waals surface area contributed by atoms with Crippen molar-refractivity contribution >= 4 is 10.9 Å². The van der Waals surface area contributed by atoms with Crippen molar-refractivity contribution in [2.24, 2.45) is 0 Å². The molecule has 0 bridgehead atoms. The van der Waals surface area contributed by atoms with E-state index < -0.39 is 0 Å². The van der Waals surface area contributed by atoms with Gasteiger partial charge in [-0.25, -0.2) is 4.68 Å². The van der Waals surface area contributed by atoms with Crippen LogP contribution in [-0.4, -0.2) is 22.0 Å². The second kappa shape index (κ2) is 6.48. The zero-order valence-corrected chi connectivity index (χ0v) is 14.5. The van der Waals surface area contributed by atoms with Gasteiger partial charge in [-0.05, 0) is 36.8 Å². The lowest BCUT2D eigenvalue weighted by molar-refractivity contribution is 0.405. The number of aryl methyl sites for hydroxylation is 1.